The standard InChI is InChI=1S/C19H26N2O2/c1-15-6-5-7-17(14-15)19(23)21-12-8-16(9-13-21)18(22)20-10-3-2-4-11-20/h5-7,14,16H,2-4,8-13H2,1H3. The summed E-state index contributed by atoms with van der Waals surface area (Å²) in [4.78, 5) is 29.1. The Bertz CT molecular complexity index is 570. The summed E-state index contributed by atoms with van der Waals surface area (Å²) in [6.07, 6.45) is 5.11. The monoisotopic (exact) mass is 314 g/mol. The van der Waals surface area contributed by atoms with Crippen LogP contribution in [0.3, 0.4) is 0 Å². The third-order valence-corrected chi connectivity index (χ3v) is 5.06. The highest BCUT2D eigenvalue weighted by Gasteiger charge is 2.30. The molecule has 0 saturated carbocycles. The zero-order chi connectivity index (χ0) is 16.2. The quantitative estimate of drug-likeness (QED) is 0.842. The van der Waals surface area contributed by atoms with Crippen molar-refractivity contribution < 1.29 is 9.59 Å². The number of hydrogen-bond donors (Lipinski definition) is 0. The van der Waals surface area contributed by atoms with Gasteiger partial charge in [0.05, 0.1) is 0 Å². The molecule has 0 unspecified atom stereocenters. The van der Waals surface area contributed by atoms with Crippen molar-refractivity contribution in [1.82, 2.24) is 9.80 Å². The van der Waals surface area contributed by atoms with Gasteiger partial charge in [-0.2, -0.15) is 0 Å². The second-order valence-electron chi connectivity index (χ2n) is 6.82. The van der Waals surface area contributed by atoms with Crippen LogP contribution < -0.4 is 0 Å². The van der Waals surface area contributed by atoms with Gasteiger partial charge in [-0.1, -0.05) is 17.7 Å². The average molecular weight is 314 g/mol. The van der Waals surface area contributed by atoms with E-state index in [1.54, 1.807) is 0 Å². The van der Waals surface area contributed by atoms with Gasteiger partial charge in [-0.25, -0.2) is 0 Å². The summed E-state index contributed by atoms with van der Waals surface area (Å²) in [6.45, 7) is 5.22. The molecular weight excluding hydrogens is 288 g/mol. The maximum absolute atomic E-state index is 12.6. The van der Waals surface area contributed by atoms with Gasteiger partial charge in [-0.05, 0) is 51.2 Å². The predicted molar refractivity (Wildman–Crippen MR) is 90.2 cm³/mol. The second-order valence-corrected chi connectivity index (χ2v) is 6.82. The van der Waals surface area contributed by atoms with Crippen molar-refractivity contribution in [1.29, 1.82) is 0 Å². The molecule has 2 amide bonds. The van der Waals surface area contributed by atoms with Gasteiger partial charge in [0.15, 0.2) is 0 Å². The topological polar surface area (TPSA) is 40.6 Å². The maximum atomic E-state index is 12.6. The van der Waals surface area contributed by atoms with Crippen LogP contribution in [0.2, 0.25) is 0 Å². The van der Waals surface area contributed by atoms with Crippen molar-refractivity contribution >= 4 is 11.8 Å². The molecule has 0 aromatic heterocycles. The Balaban J connectivity index is 1.55. The fraction of sp³-hybridized carbons (Fsp3) is 0.579. The molecule has 23 heavy (non-hydrogen) atoms. The van der Waals surface area contributed by atoms with E-state index < -0.39 is 0 Å². The van der Waals surface area contributed by atoms with E-state index >= 15 is 0 Å². The molecule has 2 aliphatic rings. The van der Waals surface area contributed by atoms with Gasteiger partial charge in [-0.3, -0.25) is 9.59 Å². The van der Waals surface area contributed by atoms with Crippen molar-refractivity contribution in [2.45, 2.75) is 39.0 Å². The lowest BCUT2D eigenvalue weighted by Gasteiger charge is -2.35. The Morgan fingerprint density at radius 1 is 0.957 bits per heavy atom. The van der Waals surface area contributed by atoms with Crippen molar-refractivity contribution in [3.05, 3.63) is 35.4 Å². The minimum atomic E-state index is 0.0950. The van der Waals surface area contributed by atoms with Gasteiger partial charge in [0.25, 0.3) is 5.91 Å². The molecule has 1 aromatic rings. The number of piperidine rings is 2. The molecule has 2 aliphatic heterocycles. The summed E-state index contributed by atoms with van der Waals surface area (Å²) >= 11 is 0. The van der Waals surface area contributed by atoms with Crippen LogP contribution in [0.1, 0.15) is 48.0 Å². The van der Waals surface area contributed by atoms with Gasteiger partial charge in [-0.15, -0.1) is 0 Å². The van der Waals surface area contributed by atoms with E-state index in [2.05, 4.69) is 0 Å². The molecular formula is C19H26N2O2. The van der Waals surface area contributed by atoms with Crippen LogP contribution in [-0.2, 0) is 4.79 Å². The molecule has 1 aromatic carbocycles. The SMILES string of the molecule is Cc1cccc(C(=O)N2CCC(C(=O)N3CCCCC3)CC2)c1. The molecule has 4 nitrogen and oxygen atoms in total. The summed E-state index contributed by atoms with van der Waals surface area (Å²) in [5.74, 6) is 0.514. The third kappa shape index (κ3) is 3.74. The first-order valence-corrected chi connectivity index (χ1v) is 8.80. The minimum Gasteiger partial charge on any atom is -0.342 e. The van der Waals surface area contributed by atoms with E-state index in [0.717, 1.165) is 49.9 Å². The van der Waals surface area contributed by atoms with Crippen molar-refractivity contribution in [3.63, 3.8) is 0 Å². The van der Waals surface area contributed by atoms with Gasteiger partial charge < -0.3 is 9.80 Å². The largest absolute Gasteiger partial charge is 0.342 e. The van der Waals surface area contributed by atoms with E-state index in [9.17, 15) is 9.59 Å². The van der Waals surface area contributed by atoms with E-state index in [1.165, 1.54) is 6.42 Å². The van der Waals surface area contributed by atoms with Crippen molar-refractivity contribution in [2.75, 3.05) is 26.2 Å². The normalized spacial score (nSPS) is 19.7. The van der Waals surface area contributed by atoms with Crippen LogP contribution in [0, 0.1) is 12.8 Å². The molecule has 3 rings (SSSR count). The van der Waals surface area contributed by atoms with Gasteiger partial charge >= 0.3 is 0 Å². The van der Waals surface area contributed by atoms with E-state index in [-0.39, 0.29) is 11.8 Å². The number of hydrogen-bond acceptors (Lipinski definition) is 2. The first-order chi connectivity index (χ1) is 11.1. The van der Waals surface area contributed by atoms with Gasteiger partial charge in [0, 0.05) is 37.7 Å². The van der Waals surface area contributed by atoms with Crippen LogP contribution in [0.4, 0.5) is 0 Å². The zero-order valence-corrected chi connectivity index (χ0v) is 14.0. The highest BCUT2D eigenvalue weighted by molar-refractivity contribution is 5.94. The van der Waals surface area contributed by atoms with Crippen LogP contribution >= 0.6 is 0 Å². The summed E-state index contributed by atoms with van der Waals surface area (Å²) in [5, 5.41) is 0. The molecule has 0 radical (unpaired) electrons. The molecule has 0 atom stereocenters. The number of aryl methyl sites for hydroxylation is 1. The fourth-order valence-corrected chi connectivity index (χ4v) is 3.66. The van der Waals surface area contributed by atoms with Crippen LogP contribution in [0.15, 0.2) is 24.3 Å². The molecule has 0 bridgehead atoms. The molecule has 2 saturated heterocycles. The highest BCUT2D eigenvalue weighted by Crippen LogP contribution is 2.23. The first-order valence-electron chi connectivity index (χ1n) is 8.80. The Kier molecular flexibility index (Phi) is 4.99. The minimum absolute atomic E-state index is 0.0950. The van der Waals surface area contributed by atoms with E-state index in [0.29, 0.717) is 19.0 Å². The second kappa shape index (κ2) is 7.16. The van der Waals surface area contributed by atoms with E-state index in [4.69, 9.17) is 0 Å². The highest BCUT2D eigenvalue weighted by atomic mass is 16.2. The Hall–Kier alpha value is -1.84. The molecule has 124 valence electrons. The van der Waals surface area contributed by atoms with Gasteiger partial charge in [0.1, 0.15) is 0 Å². The predicted octanol–water partition coefficient (Wildman–Crippen LogP) is 2.86. The summed E-state index contributed by atoms with van der Waals surface area (Å²) < 4.78 is 0. The number of carbonyl (C=O) groups is 2. The lowest BCUT2D eigenvalue weighted by Crippen LogP contribution is -2.45. The number of nitrogens with zero attached hydrogens (tertiary/aromatic N) is 2. The van der Waals surface area contributed by atoms with E-state index in [1.807, 2.05) is 41.0 Å². The van der Waals surface area contributed by atoms with Crippen molar-refractivity contribution in [3.8, 4) is 0 Å². The summed E-state index contributed by atoms with van der Waals surface area (Å²) in [6, 6.07) is 7.74. The smallest absolute Gasteiger partial charge is 0.253 e. The molecule has 4 heteroatoms. The number of rotatable bonds is 2. The number of likely N-dealkylation sites (tertiary alicyclic amines) is 2. The Morgan fingerprint density at radius 2 is 1.65 bits per heavy atom. The van der Waals surface area contributed by atoms with Crippen LogP contribution in [0.25, 0.3) is 0 Å². The van der Waals surface area contributed by atoms with Gasteiger partial charge in [0.2, 0.25) is 5.91 Å². The number of benzene rings is 1. The molecule has 0 spiro atoms. The zero-order valence-electron chi connectivity index (χ0n) is 14.0. The molecule has 2 fully saturated rings. The lowest BCUT2D eigenvalue weighted by atomic mass is 9.94. The Morgan fingerprint density at radius 3 is 2.30 bits per heavy atom. The fourth-order valence-electron chi connectivity index (χ4n) is 3.66. The molecule has 0 aliphatic carbocycles. The molecule has 2 heterocycles. The van der Waals surface area contributed by atoms with Crippen LogP contribution in [0.5, 0.6) is 0 Å². The Labute approximate surface area is 138 Å². The maximum Gasteiger partial charge on any atom is 0.253 e. The average Bonchev–Trinajstić information content (AvgIpc) is 2.61. The first kappa shape index (κ1) is 16.0. The third-order valence-electron chi connectivity index (χ3n) is 5.06. The molecule has 0 N–H and O–H groups in total. The number of carbonyl (C=O) groups excluding carboxylic acids is 2. The van der Waals surface area contributed by atoms with Crippen molar-refractivity contribution in [2.24, 2.45) is 5.92 Å². The summed E-state index contributed by atoms with van der Waals surface area (Å²) in [7, 11) is 0. The lowest BCUT2D eigenvalue weighted by molar-refractivity contribution is -0.137. The number of amides is 2. The van der Waals surface area contributed by atoms with Crippen LogP contribution in [-0.4, -0.2) is 47.8 Å². The summed E-state index contributed by atoms with van der Waals surface area (Å²) in [5.41, 5.74) is 1.86.